The number of para-hydroxylation sites is 1. The van der Waals surface area contributed by atoms with Crippen LogP contribution in [-0.4, -0.2) is 71.2 Å². The molecule has 1 aromatic heterocycles. The van der Waals surface area contributed by atoms with Crippen LogP contribution in [0.5, 0.6) is 0 Å². The van der Waals surface area contributed by atoms with Crippen molar-refractivity contribution in [2.45, 2.75) is 51.1 Å². The zero-order valence-corrected chi connectivity index (χ0v) is 18.9. The average Bonchev–Trinajstić information content (AvgIpc) is 2.81. The number of nitrogens with zero attached hydrogens (tertiary/aromatic N) is 3. The molecular formula is C24H34N4O4. The molecule has 0 bridgehead atoms. The lowest BCUT2D eigenvalue weighted by atomic mass is 9.83. The van der Waals surface area contributed by atoms with E-state index in [9.17, 15) is 14.4 Å². The third-order valence-electron chi connectivity index (χ3n) is 7.00. The number of carbonyl (C=O) groups is 1. The Morgan fingerprint density at radius 2 is 1.97 bits per heavy atom. The highest BCUT2D eigenvalue weighted by atomic mass is 16.5. The molecule has 8 nitrogen and oxygen atoms in total. The second-order valence-corrected chi connectivity index (χ2v) is 9.05. The number of rotatable bonds is 8. The normalized spacial score (nSPS) is 21.4. The lowest BCUT2D eigenvalue weighted by Gasteiger charge is -2.45. The number of hydrogen-bond donors (Lipinski definition) is 1. The summed E-state index contributed by atoms with van der Waals surface area (Å²) in [5, 5.41) is 0.413. The van der Waals surface area contributed by atoms with Crippen LogP contribution in [-0.2, 0) is 16.1 Å². The van der Waals surface area contributed by atoms with Gasteiger partial charge in [0, 0.05) is 32.8 Å². The first-order chi connectivity index (χ1) is 15.6. The quantitative estimate of drug-likeness (QED) is 0.630. The lowest BCUT2D eigenvalue weighted by Crippen LogP contribution is -2.52. The Balaban J connectivity index is 1.54. The minimum Gasteiger partial charge on any atom is -0.385 e. The highest BCUT2D eigenvalue weighted by Crippen LogP contribution is 2.31. The second-order valence-electron chi connectivity index (χ2n) is 9.05. The van der Waals surface area contributed by atoms with Crippen LogP contribution in [0.4, 0.5) is 0 Å². The number of H-pyrrole nitrogens is 1. The van der Waals surface area contributed by atoms with Gasteiger partial charge in [-0.2, -0.15) is 0 Å². The van der Waals surface area contributed by atoms with E-state index < -0.39 is 11.2 Å². The van der Waals surface area contributed by atoms with E-state index in [1.165, 1.54) is 19.3 Å². The molecule has 0 spiro atoms. The third kappa shape index (κ3) is 4.96. The van der Waals surface area contributed by atoms with Crippen molar-refractivity contribution >= 4 is 16.8 Å². The first-order valence-corrected chi connectivity index (χ1v) is 11.8. The maximum Gasteiger partial charge on any atom is 0.329 e. The van der Waals surface area contributed by atoms with Crippen LogP contribution in [0, 0.1) is 5.92 Å². The Morgan fingerprint density at radius 1 is 1.16 bits per heavy atom. The smallest absolute Gasteiger partial charge is 0.329 e. The maximum atomic E-state index is 13.3. The van der Waals surface area contributed by atoms with Crippen LogP contribution < -0.4 is 11.2 Å². The molecule has 2 aliphatic rings. The topological polar surface area (TPSA) is 87.6 Å². The number of piperidine rings is 2. The van der Waals surface area contributed by atoms with Gasteiger partial charge in [-0.25, -0.2) is 4.79 Å². The van der Waals surface area contributed by atoms with Crippen LogP contribution in [0.2, 0.25) is 0 Å². The SMILES string of the molecule is COCCCN(C[C@@H]1CCCN2CCCC[C@@H]12)C(=O)Cn1c(=O)[nH]c2ccccc2c1=O. The van der Waals surface area contributed by atoms with Crippen LogP contribution in [0.3, 0.4) is 0 Å². The number of benzene rings is 1. The fourth-order valence-electron chi connectivity index (χ4n) is 5.37. The Labute approximate surface area is 188 Å². The molecule has 2 atom stereocenters. The molecule has 0 saturated carbocycles. The van der Waals surface area contributed by atoms with Gasteiger partial charge < -0.3 is 19.5 Å². The summed E-state index contributed by atoms with van der Waals surface area (Å²) in [7, 11) is 1.65. The third-order valence-corrected chi connectivity index (χ3v) is 7.00. The van der Waals surface area contributed by atoms with Crippen molar-refractivity contribution in [1.82, 2.24) is 19.4 Å². The van der Waals surface area contributed by atoms with Gasteiger partial charge in [0.25, 0.3) is 5.56 Å². The van der Waals surface area contributed by atoms with E-state index >= 15 is 0 Å². The number of aromatic amines is 1. The fraction of sp³-hybridized carbons (Fsp3) is 0.625. The summed E-state index contributed by atoms with van der Waals surface area (Å²) < 4.78 is 6.23. The summed E-state index contributed by atoms with van der Waals surface area (Å²) in [5.41, 5.74) is -0.483. The summed E-state index contributed by atoms with van der Waals surface area (Å²) >= 11 is 0. The number of methoxy groups -OCH3 is 1. The molecule has 2 aliphatic heterocycles. The molecule has 174 valence electrons. The van der Waals surface area contributed by atoms with Crippen LogP contribution in [0.15, 0.2) is 33.9 Å². The van der Waals surface area contributed by atoms with Crippen molar-refractivity contribution in [3.8, 4) is 0 Å². The van der Waals surface area contributed by atoms with Gasteiger partial charge in [-0.05, 0) is 63.2 Å². The number of aromatic nitrogens is 2. The predicted octanol–water partition coefficient (Wildman–Crippen LogP) is 1.82. The Bertz CT molecular complexity index is 1040. The number of hydrogen-bond acceptors (Lipinski definition) is 5. The van der Waals surface area contributed by atoms with Gasteiger partial charge in [0.05, 0.1) is 10.9 Å². The van der Waals surface area contributed by atoms with E-state index in [4.69, 9.17) is 4.74 Å². The first-order valence-electron chi connectivity index (χ1n) is 11.8. The van der Waals surface area contributed by atoms with E-state index in [-0.39, 0.29) is 12.5 Å². The highest BCUT2D eigenvalue weighted by molar-refractivity contribution is 5.79. The maximum absolute atomic E-state index is 13.3. The van der Waals surface area contributed by atoms with Gasteiger partial charge in [0.1, 0.15) is 6.54 Å². The van der Waals surface area contributed by atoms with E-state index in [1.807, 2.05) is 4.90 Å². The van der Waals surface area contributed by atoms with Gasteiger partial charge in [-0.3, -0.25) is 14.2 Å². The Kier molecular flexibility index (Phi) is 7.42. The fourth-order valence-corrected chi connectivity index (χ4v) is 5.37. The Morgan fingerprint density at radius 3 is 2.81 bits per heavy atom. The van der Waals surface area contributed by atoms with Crippen LogP contribution >= 0.6 is 0 Å². The summed E-state index contributed by atoms with van der Waals surface area (Å²) in [6.07, 6.45) is 6.70. The molecule has 1 N–H and O–H groups in total. The van der Waals surface area contributed by atoms with Crippen LogP contribution in [0.1, 0.15) is 38.5 Å². The molecule has 0 unspecified atom stereocenters. The second kappa shape index (κ2) is 10.4. The summed E-state index contributed by atoms with van der Waals surface area (Å²) in [5.74, 6) is 0.249. The molecule has 8 heteroatoms. The van der Waals surface area contributed by atoms with Crippen LogP contribution in [0.25, 0.3) is 10.9 Å². The molecule has 1 amide bonds. The van der Waals surface area contributed by atoms with E-state index in [0.717, 1.165) is 36.9 Å². The van der Waals surface area contributed by atoms with Crippen molar-refractivity contribution in [2.24, 2.45) is 5.92 Å². The molecule has 2 fully saturated rings. The summed E-state index contributed by atoms with van der Waals surface area (Å²) in [4.78, 5) is 46.0. The number of nitrogens with one attached hydrogen (secondary N) is 1. The van der Waals surface area contributed by atoms with Gasteiger partial charge in [-0.15, -0.1) is 0 Å². The van der Waals surface area contributed by atoms with Crippen molar-refractivity contribution < 1.29 is 9.53 Å². The molecule has 2 aromatic rings. The number of fused-ring (bicyclic) bond motifs is 2. The number of ether oxygens (including phenoxy) is 1. The lowest BCUT2D eigenvalue weighted by molar-refractivity contribution is -0.133. The molecule has 3 heterocycles. The van der Waals surface area contributed by atoms with Crippen molar-refractivity contribution in [3.63, 3.8) is 0 Å². The highest BCUT2D eigenvalue weighted by Gasteiger charge is 2.34. The van der Waals surface area contributed by atoms with Gasteiger partial charge >= 0.3 is 5.69 Å². The zero-order chi connectivity index (χ0) is 22.5. The van der Waals surface area contributed by atoms with Gasteiger partial charge in [0.2, 0.25) is 5.91 Å². The summed E-state index contributed by atoms with van der Waals surface area (Å²) in [6, 6.07) is 7.42. The summed E-state index contributed by atoms with van der Waals surface area (Å²) in [6.45, 7) is 3.87. The van der Waals surface area contributed by atoms with Gasteiger partial charge in [0.15, 0.2) is 0 Å². The number of amides is 1. The minimum absolute atomic E-state index is 0.183. The van der Waals surface area contributed by atoms with Crippen molar-refractivity contribution in [2.75, 3.05) is 39.9 Å². The largest absolute Gasteiger partial charge is 0.385 e. The molecule has 2 saturated heterocycles. The molecule has 32 heavy (non-hydrogen) atoms. The average molecular weight is 443 g/mol. The van der Waals surface area contributed by atoms with Crippen molar-refractivity contribution in [1.29, 1.82) is 0 Å². The minimum atomic E-state index is -0.546. The molecule has 0 radical (unpaired) electrons. The van der Waals surface area contributed by atoms with E-state index in [2.05, 4.69) is 9.88 Å². The first kappa shape index (κ1) is 22.7. The van der Waals surface area contributed by atoms with Crippen molar-refractivity contribution in [3.05, 3.63) is 45.1 Å². The standard InChI is InChI=1S/C24H34N4O4/c1-32-15-7-14-27(16-18-8-6-13-26-12-5-4-11-21(18)26)22(29)17-28-23(30)19-9-2-3-10-20(19)25-24(28)31/h2-3,9-10,18,21H,4-8,11-17H2,1H3,(H,25,31)/t18-,21-/m0/s1. The molecule has 4 rings (SSSR count). The molecule has 1 aromatic carbocycles. The van der Waals surface area contributed by atoms with E-state index in [0.29, 0.717) is 42.6 Å². The monoisotopic (exact) mass is 442 g/mol. The number of carbonyl (C=O) groups excluding carboxylic acids is 1. The van der Waals surface area contributed by atoms with E-state index in [1.54, 1.807) is 31.4 Å². The molecule has 0 aliphatic carbocycles. The zero-order valence-electron chi connectivity index (χ0n) is 18.9. The predicted molar refractivity (Wildman–Crippen MR) is 124 cm³/mol. The Hall–Kier alpha value is -2.45. The van der Waals surface area contributed by atoms with Gasteiger partial charge in [-0.1, -0.05) is 18.6 Å². The molecular weight excluding hydrogens is 408 g/mol.